The third-order valence-corrected chi connectivity index (χ3v) is 1.22. The Balaban J connectivity index is 3.24. The monoisotopic (exact) mass is 116 g/mol. The highest BCUT2D eigenvalue weighted by molar-refractivity contribution is 5.66. The highest BCUT2D eigenvalue weighted by atomic mass is 16.4. The molecule has 0 heterocycles. The van der Waals surface area contributed by atoms with Crippen LogP contribution in [0.5, 0.6) is 0 Å². The first kappa shape index (κ1) is 7.47. The van der Waals surface area contributed by atoms with E-state index in [0.29, 0.717) is 12.3 Å². The largest absolute Gasteiger partial charge is 0.481 e. The second kappa shape index (κ2) is 3.47. The van der Waals surface area contributed by atoms with Crippen LogP contribution in [0.15, 0.2) is 0 Å². The Morgan fingerprint density at radius 1 is 1.75 bits per heavy atom. The van der Waals surface area contributed by atoms with Gasteiger partial charge in [0.05, 0.1) is 0 Å². The van der Waals surface area contributed by atoms with Gasteiger partial charge < -0.3 is 5.11 Å². The van der Waals surface area contributed by atoms with Crippen LogP contribution in [0.1, 0.15) is 26.7 Å². The van der Waals surface area contributed by atoms with Crippen molar-refractivity contribution < 1.29 is 9.90 Å². The second-order valence-corrected chi connectivity index (χ2v) is 2.11. The van der Waals surface area contributed by atoms with Gasteiger partial charge in [-0.2, -0.15) is 0 Å². The average molecular weight is 116 g/mol. The first-order chi connectivity index (χ1) is 3.66. The number of carboxylic acids is 1. The standard InChI is InChI=1S/C6H12O2/c1-3-5(2)4-6(7)8/h5H,3-4H2,1-2H3,(H,7,8)/t5-/m0/s1. The lowest BCUT2D eigenvalue weighted by Gasteiger charge is -2.00. The summed E-state index contributed by atoms with van der Waals surface area (Å²) >= 11 is 0. The van der Waals surface area contributed by atoms with E-state index in [9.17, 15) is 4.79 Å². The smallest absolute Gasteiger partial charge is 0.303 e. The van der Waals surface area contributed by atoms with E-state index in [-0.39, 0.29) is 0 Å². The molecule has 0 unspecified atom stereocenters. The number of hydrogen-bond donors (Lipinski definition) is 1. The maximum absolute atomic E-state index is 9.97. The van der Waals surface area contributed by atoms with Crippen LogP contribution in [0, 0.1) is 5.92 Å². The van der Waals surface area contributed by atoms with Crippen LogP contribution in [0.25, 0.3) is 0 Å². The predicted molar refractivity (Wildman–Crippen MR) is 31.7 cm³/mol. The van der Waals surface area contributed by atoms with Crippen LogP contribution in [-0.4, -0.2) is 11.1 Å². The highest BCUT2D eigenvalue weighted by Gasteiger charge is 2.02. The molecule has 0 amide bonds. The molecule has 1 N–H and O–H groups in total. The summed E-state index contributed by atoms with van der Waals surface area (Å²) in [4.78, 5) is 9.97. The molecule has 1 atom stereocenters. The minimum absolute atomic E-state index is 0.302. The lowest BCUT2D eigenvalue weighted by Crippen LogP contribution is -2.02. The average Bonchev–Trinajstić information content (AvgIpc) is 1.65. The fraction of sp³-hybridized carbons (Fsp3) is 0.833. The summed E-state index contributed by atoms with van der Waals surface area (Å²) < 4.78 is 0. The van der Waals surface area contributed by atoms with E-state index in [2.05, 4.69) is 0 Å². The van der Waals surface area contributed by atoms with Gasteiger partial charge in [-0.15, -0.1) is 0 Å². The molecule has 48 valence electrons. The van der Waals surface area contributed by atoms with Gasteiger partial charge in [-0.3, -0.25) is 4.79 Å². The van der Waals surface area contributed by atoms with Crippen molar-refractivity contribution in [2.75, 3.05) is 0 Å². The quantitative estimate of drug-likeness (QED) is 0.606. The number of carboxylic acid groups (broad SMARTS) is 1. The molecular weight excluding hydrogens is 104 g/mol. The molecule has 0 fully saturated rings. The first-order valence-electron chi connectivity index (χ1n) is 2.88. The van der Waals surface area contributed by atoms with E-state index in [1.165, 1.54) is 0 Å². The number of hydrogen-bond acceptors (Lipinski definition) is 1. The summed E-state index contributed by atoms with van der Waals surface area (Å²) in [5.41, 5.74) is 0. The predicted octanol–water partition coefficient (Wildman–Crippen LogP) is 1.51. The molecule has 0 aromatic rings. The number of carbonyl (C=O) groups is 1. The summed E-state index contributed by atoms with van der Waals surface area (Å²) in [6, 6.07) is 0. The molecule has 8 heavy (non-hydrogen) atoms. The molecule has 0 radical (unpaired) electrons. The Labute approximate surface area is 49.5 Å². The van der Waals surface area contributed by atoms with Gasteiger partial charge in [0.15, 0.2) is 0 Å². The van der Waals surface area contributed by atoms with Crippen LogP contribution < -0.4 is 0 Å². The highest BCUT2D eigenvalue weighted by Crippen LogP contribution is 2.04. The summed E-state index contributed by atoms with van der Waals surface area (Å²) in [6.07, 6.45) is 1.25. The van der Waals surface area contributed by atoms with Gasteiger partial charge in [0.1, 0.15) is 0 Å². The first-order valence-corrected chi connectivity index (χ1v) is 2.88. The normalized spacial score (nSPS) is 13.2. The molecule has 0 aliphatic rings. The molecule has 0 saturated heterocycles. The molecule has 0 aromatic carbocycles. The Morgan fingerprint density at radius 2 is 2.25 bits per heavy atom. The zero-order chi connectivity index (χ0) is 6.57. The molecule has 0 saturated carbocycles. The van der Waals surface area contributed by atoms with Crippen molar-refractivity contribution in [2.45, 2.75) is 26.7 Å². The summed E-state index contributed by atoms with van der Waals surface area (Å²) in [5.74, 6) is -0.369. The van der Waals surface area contributed by atoms with Gasteiger partial charge in [-0.25, -0.2) is 0 Å². The second-order valence-electron chi connectivity index (χ2n) is 2.11. The van der Waals surface area contributed by atoms with Crippen LogP contribution in [0.2, 0.25) is 0 Å². The molecule has 2 nitrogen and oxygen atoms in total. The van der Waals surface area contributed by atoms with E-state index < -0.39 is 5.97 Å². The Hall–Kier alpha value is -0.530. The van der Waals surface area contributed by atoms with Crippen molar-refractivity contribution in [1.29, 1.82) is 0 Å². The van der Waals surface area contributed by atoms with Crippen molar-refractivity contribution in [3.8, 4) is 0 Å². The fourth-order valence-electron chi connectivity index (χ4n) is 0.442. The van der Waals surface area contributed by atoms with Gasteiger partial charge in [-0.1, -0.05) is 20.3 Å². The lowest BCUT2D eigenvalue weighted by atomic mass is 10.1. The van der Waals surface area contributed by atoms with Gasteiger partial charge in [0, 0.05) is 6.42 Å². The third kappa shape index (κ3) is 3.65. The Morgan fingerprint density at radius 3 is 2.38 bits per heavy atom. The summed E-state index contributed by atoms with van der Waals surface area (Å²) in [5, 5.41) is 8.22. The van der Waals surface area contributed by atoms with Gasteiger partial charge in [0.25, 0.3) is 0 Å². The maximum Gasteiger partial charge on any atom is 0.303 e. The minimum Gasteiger partial charge on any atom is -0.481 e. The Kier molecular flexibility index (Phi) is 3.24. The van der Waals surface area contributed by atoms with Crippen LogP contribution >= 0.6 is 0 Å². The molecule has 0 rings (SSSR count). The zero-order valence-electron chi connectivity index (χ0n) is 5.35. The summed E-state index contributed by atoms with van der Waals surface area (Å²) in [7, 11) is 0. The van der Waals surface area contributed by atoms with E-state index in [1.807, 2.05) is 13.8 Å². The van der Waals surface area contributed by atoms with E-state index in [0.717, 1.165) is 6.42 Å². The van der Waals surface area contributed by atoms with Crippen LogP contribution in [0.3, 0.4) is 0 Å². The van der Waals surface area contributed by atoms with Crippen molar-refractivity contribution >= 4 is 5.97 Å². The number of aliphatic carboxylic acids is 1. The zero-order valence-corrected chi connectivity index (χ0v) is 5.35. The SMILES string of the molecule is CC[C@H](C)CC(=O)O. The van der Waals surface area contributed by atoms with Crippen molar-refractivity contribution in [2.24, 2.45) is 5.92 Å². The van der Waals surface area contributed by atoms with Crippen LogP contribution in [0.4, 0.5) is 0 Å². The molecule has 0 aliphatic heterocycles. The Bertz CT molecular complexity index is 78.6. The topological polar surface area (TPSA) is 37.3 Å². The molecule has 0 aliphatic carbocycles. The van der Waals surface area contributed by atoms with Gasteiger partial charge >= 0.3 is 5.97 Å². The summed E-state index contributed by atoms with van der Waals surface area (Å²) in [6.45, 7) is 3.93. The minimum atomic E-state index is -0.695. The molecule has 0 aromatic heterocycles. The fourth-order valence-corrected chi connectivity index (χ4v) is 0.442. The third-order valence-electron chi connectivity index (χ3n) is 1.22. The number of rotatable bonds is 3. The van der Waals surface area contributed by atoms with E-state index in [4.69, 9.17) is 5.11 Å². The van der Waals surface area contributed by atoms with Gasteiger partial charge in [-0.05, 0) is 5.92 Å². The molecule has 0 spiro atoms. The lowest BCUT2D eigenvalue weighted by molar-refractivity contribution is -0.137. The van der Waals surface area contributed by atoms with E-state index in [1.54, 1.807) is 0 Å². The van der Waals surface area contributed by atoms with E-state index >= 15 is 0 Å². The molecule has 2 heteroatoms. The van der Waals surface area contributed by atoms with Crippen molar-refractivity contribution in [3.63, 3.8) is 0 Å². The molecular formula is C6H12O2. The van der Waals surface area contributed by atoms with Crippen molar-refractivity contribution in [3.05, 3.63) is 0 Å². The van der Waals surface area contributed by atoms with Gasteiger partial charge in [0.2, 0.25) is 0 Å². The van der Waals surface area contributed by atoms with Crippen molar-refractivity contribution in [1.82, 2.24) is 0 Å². The molecule has 0 bridgehead atoms. The maximum atomic E-state index is 9.97. The van der Waals surface area contributed by atoms with Crippen LogP contribution in [-0.2, 0) is 4.79 Å².